The van der Waals surface area contributed by atoms with E-state index < -0.39 is 0 Å². The average Bonchev–Trinajstić information content (AvgIpc) is 2.28. The molecule has 0 aromatic carbocycles. The van der Waals surface area contributed by atoms with E-state index in [9.17, 15) is 0 Å². The van der Waals surface area contributed by atoms with Crippen molar-refractivity contribution >= 4 is 0 Å². The number of allylic oxidation sites excluding steroid dienone is 2. The van der Waals surface area contributed by atoms with Gasteiger partial charge in [-0.25, -0.2) is 0 Å². The van der Waals surface area contributed by atoms with E-state index in [1.807, 2.05) is 0 Å². The van der Waals surface area contributed by atoms with E-state index in [4.69, 9.17) is 9.47 Å². The Hall–Kier alpha value is -0.640. The molecule has 0 amide bonds. The van der Waals surface area contributed by atoms with Crippen LogP contribution < -0.4 is 0 Å². The van der Waals surface area contributed by atoms with Crippen LogP contribution in [0.2, 0.25) is 0 Å². The minimum absolute atomic E-state index is 0.0144. The lowest BCUT2D eigenvalue weighted by molar-refractivity contribution is -0.848. The standard InChI is InChI=1S/C13H22NO2/c1-14(2)9-5-3-7-12(14)11-16-13-8-4-6-10-15-13/h3,5,7,13H,4,6,8-11H2,1-2H3/q+1. The lowest BCUT2D eigenvalue weighted by Crippen LogP contribution is -2.42. The van der Waals surface area contributed by atoms with Crippen LogP contribution in [0.1, 0.15) is 19.3 Å². The average molecular weight is 224 g/mol. The molecule has 0 spiro atoms. The van der Waals surface area contributed by atoms with Crippen molar-refractivity contribution in [3.63, 3.8) is 0 Å². The number of rotatable bonds is 3. The molecular formula is C13H22NO2+. The van der Waals surface area contributed by atoms with Gasteiger partial charge in [-0.15, -0.1) is 0 Å². The number of nitrogens with zero attached hydrogens (tertiary/aromatic N) is 1. The molecule has 1 unspecified atom stereocenters. The highest BCUT2D eigenvalue weighted by atomic mass is 16.7. The van der Waals surface area contributed by atoms with E-state index in [1.165, 1.54) is 18.5 Å². The molecule has 0 saturated carbocycles. The van der Waals surface area contributed by atoms with Crippen LogP contribution in [-0.4, -0.2) is 44.6 Å². The quantitative estimate of drug-likeness (QED) is 0.683. The largest absolute Gasteiger partial charge is 0.353 e. The van der Waals surface area contributed by atoms with Crippen LogP contribution in [0.5, 0.6) is 0 Å². The zero-order chi connectivity index (χ0) is 11.4. The van der Waals surface area contributed by atoms with Crippen molar-refractivity contribution in [2.75, 3.05) is 33.9 Å². The number of hydrogen-bond donors (Lipinski definition) is 0. The first kappa shape index (κ1) is 11.8. The fourth-order valence-corrected chi connectivity index (χ4v) is 2.07. The van der Waals surface area contributed by atoms with E-state index in [0.717, 1.165) is 24.1 Å². The molecule has 0 N–H and O–H groups in total. The van der Waals surface area contributed by atoms with Gasteiger partial charge in [0.15, 0.2) is 6.29 Å². The Labute approximate surface area is 97.9 Å². The molecule has 16 heavy (non-hydrogen) atoms. The molecule has 2 aliphatic rings. The summed E-state index contributed by atoms with van der Waals surface area (Å²) in [7, 11) is 4.42. The Morgan fingerprint density at radius 2 is 2.31 bits per heavy atom. The van der Waals surface area contributed by atoms with Gasteiger partial charge in [0.1, 0.15) is 18.8 Å². The van der Waals surface area contributed by atoms with Crippen LogP contribution in [0, 0.1) is 0 Å². The molecule has 1 atom stereocenters. The maximum atomic E-state index is 5.82. The summed E-state index contributed by atoms with van der Waals surface area (Å²) >= 11 is 0. The summed E-state index contributed by atoms with van der Waals surface area (Å²) in [6, 6.07) is 0. The third-order valence-corrected chi connectivity index (χ3v) is 3.32. The van der Waals surface area contributed by atoms with Gasteiger partial charge in [0.05, 0.1) is 14.1 Å². The first-order valence-corrected chi connectivity index (χ1v) is 6.11. The molecule has 3 nitrogen and oxygen atoms in total. The van der Waals surface area contributed by atoms with Crippen LogP contribution in [0.3, 0.4) is 0 Å². The third-order valence-electron chi connectivity index (χ3n) is 3.32. The highest BCUT2D eigenvalue weighted by molar-refractivity contribution is 5.12. The van der Waals surface area contributed by atoms with Gasteiger partial charge in [0, 0.05) is 6.61 Å². The monoisotopic (exact) mass is 224 g/mol. The molecule has 0 aliphatic carbocycles. The second-order valence-corrected chi connectivity index (χ2v) is 5.06. The molecule has 2 heterocycles. The maximum Gasteiger partial charge on any atom is 0.158 e. The van der Waals surface area contributed by atoms with E-state index in [-0.39, 0.29) is 6.29 Å². The van der Waals surface area contributed by atoms with E-state index in [0.29, 0.717) is 6.61 Å². The molecule has 1 saturated heterocycles. The third kappa shape index (κ3) is 2.94. The predicted molar refractivity (Wildman–Crippen MR) is 63.7 cm³/mol. The molecule has 2 rings (SSSR count). The van der Waals surface area contributed by atoms with E-state index in [1.54, 1.807) is 0 Å². The summed E-state index contributed by atoms with van der Waals surface area (Å²) in [6.45, 7) is 2.57. The maximum absolute atomic E-state index is 5.82. The number of quaternary nitrogens is 1. The number of likely N-dealkylation sites (N-methyl/N-ethyl adjacent to an activating group) is 1. The summed E-state index contributed by atoms with van der Waals surface area (Å²) in [6.07, 6.45) is 9.92. The van der Waals surface area contributed by atoms with Crippen molar-refractivity contribution in [1.29, 1.82) is 0 Å². The summed E-state index contributed by atoms with van der Waals surface area (Å²) in [5, 5.41) is 0. The highest BCUT2D eigenvalue weighted by Crippen LogP contribution is 2.19. The predicted octanol–water partition coefficient (Wildman–Crippen LogP) is 2.06. The first-order valence-electron chi connectivity index (χ1n) is 6.11. The Kier molecular flexibility index (Phi) is 3.79. The molecule has 0 bridgehead atoms. The van der Waals surface area contributed by atoms with E-state index >= 15 is 0 Å². The second-order valence-electron chi connectivity index (χ2n) is 5.06. The van der Waals surface area contributed by atoms with Gasteiger partial charge in [-0.3, -0.25) is 4.48 Å². The zero-order valence-corrected chi connectivity index (χ0v) is 10.3. The fraction of sp³-hybridized carbons (Fsp3) is 0.692. The summed E-state index contributed by atoms with van der Waals surface area (Å²) in [5.74, 6) is 0. The molecule has 2 aliphatic heterocycles. The van der Waals surface area contributed by atoms with Gasteiger partial charge in [0.2, 0.25) is 0 Å². The number of ether oxygens (including phenoxy) is 2. The lowest BCUT2D eigenvalue weighted by atomic mass is 10.2. The Morgan fingerprint density at radius 1 is 1.44 bits per heavy atom. The van der Waals surface area contributed by atoms with Crippen LogP contribution >= 0.6 is 0 Å². The fourth-order valence-electron chi connectivity index (χ4n) is 2.07. The van der Waals surface area contributed by atoms with Crippen molar-refractivity contribution in [1.82, 2.24) is 0 Å². The molecule has 0 aromatic heterocycles. The second kappa shape index (κ2) is 5.13. The van der Waals surface area contributed by atoms with Gasteiger partial charge in [-0.2, -0.15) is 0 Å². The van der Waals surface area contributed by atoms with Crippen molar-refractivity contribution in [3.8, 4) is 0 Å². The minimum Gasteiger partial charge on any atom is -0.353 e. The first-order chi connectivity index (χ1) is 7.68. The molecule has 0 aromatic rings. The minimum atomic E-state index is 0.0144. The van der Waals surface area contributed by atoms with Crippen molar-refractivity contribution in [2.24, 2.45) is 0 Å². The van der Waals surface area contributed by atoms with Crippen LogP contribution in [0.15, 0.2) is 23.9 Å². The van der Waals surface area contributed by atoms with Crippen molar-refractivity contribution in [3.05, 3.63) is 23.9 Å². The normalized spacial score (nSPS) is 28.9. The number of hydrogen-bond acceptors (Lipinski definition) is 2. The Bertz CT molecular complexity index is 288. The van der Waals surface area contributed by atoms with Crippen LogP contribution in [-0.2, 0) is 9.47 Å². The van der Waals surface area contributed by atoms with Gasteiger partial charge in [-0.05, 0) is 31.4 Å². The Balaban J connectivity index is 1.84. The topological polar surface area (TPSA) is 18.5 Å². The van der Waals surface area contributed by atoms with Crippen molar-refractivity contribution < 1.29 is 14.0 Å². The molecule has 3 heteroatoms. The van der Waals surface area contributed by atoms with Gasteiger partial charge in [0.25, 0.3) is 0 Å². The van der Waals surface area contributed by atoms with Crippen LogP contribution in [0.25, 0.3) is 0 Å². The van der Waals surface area contributed by atoms with E-state index in [2.05, 4.69) is 32.3 Å². The zero-order valence-electron chi connectivity index (χ0n) is 10.3. The summed E-state index contributed by atoms with van der Waals surface area (Å²) < 4.78 is 12.3. The van der Waals surface area contributed by atoms with Crippen molar-refractivity contribution in [2.45, 2.75) is 25.6 Å². The van der Waals surface area contributed by atoms with Gasteiger partial charge >= 0.3 is 0 Å². The van der Waals surface area contributed by atoms with Crippen LogP contribution in [0.4, 0.5) is 0 Å². The lowest BCUT2D eigenvalue weighted by Gasteiger charge is -2.33. The molecule has 0 radical (unpaired) electrons. The summed E-state index contributed by atoms with van der Waals surface area (Å²) in [5.41, 5.74) is 1.32. The SMILES string of the molecule is C[N+]1(C)CC=CC=C1COC1CCCCO1. The molecule has 90 valence electrons. The molecule has 1 fully saturated rings. The summed E-state index contributed by atoms with van der Waals surface area (Å²) in [4.78, 5) is 0. The molecular weight excluding hydrogens is 202 g/mol. The Morgan fingerprint density at radius 3 is 3.00 bits per heavy atom. The van der Waals surface area contributed by atoms with Gasteiger partial charge < -0.3 is 9.47 Å². The highest BCUT2D eigenvalue weighted by Gasteiger charge is 2.24. The van der Waals surface area contributed by atoms with Gasteiger partial charge in [-0.1, -0.05) is 6.08 Å². The smallest absolute Gasteiger partial charge is 0.158 e.